The average Bonchev–Trinajstić information content (AvgIpc) is 2.75. The molecule has 1 aliphatic carbocycles. The number of ketones is 1. The molecule has 4 heteroatoms. The van der Waals surface area contributed by atoms with Crippen molar-refractivity contribution >= 4 is 18.2 Å². The van der Waals surface area contributed by atoms with Gasteiger partial charge >= 0.3 is 0 Å². The van der Waals surface area contributed by atoms with E-state index in [1.807, 2.05) is 12.1 Å². The maximum absolute atomic E-state index is 13.8. The molecule has 3 rings (SSSR count). The third-order valence-electron chi connectivity index (χ3n) is 4.12. The number of fused-ring (bicyclic) bond motifs is 1. The van der Waals surface area contributed by atoms with Crippen LogP contribution in [0.3, 0.4) is 0 Å². The van der Waals surface area contributed by atoms with Crippen LogP contribution in [-0.4, -0.2) is 12.3 Å². The van der Waals surface area contributed by atoms with Crippen LogP contribution in [0.5, 0.6) is 0 Å². The molecule has 1 N–H and O–H groups in total. The number of halogens is 2. The van der Waals surface area contributed by atoms with Gasteiger partial charge in [0, 0.05) is 30.5 Å². The van der Waals surface area contributed by atoms with E-state index in [1.54, 1.807) is 6.07 Å². The van der Waals surface area contributed by atoms with E-state index in [0.717, 1.165) is 18.4 Å². The summed E-state index contributed by atoms with van der Waals surface area (Å²) in [4.78, 5) is 11.8. The molecule has 1 heterocycles. The van der Waals surface area contributed by atoms with Crippen molar-refractivity contribution in [1.82, 2.24) is 5.32 Å². The zero-order valence-electron chi connectivity index (χ0n) is 10.1. The van der Waals surface area contributed by atoms with Gasteiger partial charge in [-0.2, -0.15) is 0 Å². The molecular formula is C14H17ClFNO. The van der Waals surface area contributed by atoms with Crippen molar-refractivity contribution in [1.29, 1.82) is 0 Å². The maximum atomic E-state index is 13.8. The molecule has 18 heavy (non-hydrogen) atoms. The van der Waals surface area contributed by atoms with Gasteiger partial charge < -0.3 is 5.32 Å². The summed E-state index contributed by atoms with van der Waals surface area (Å²) in [5.41, 5.74) is 0.717. The molecule has 2 fully saturated rings. The summed E-state index contributed by atoms with van der Waals surface area (Å²) in [6.07, 6.45) is 2.68. The van der Waals surface area contributed by atoms with E-state index in [4.69, 9.17) is 0 Å². The van der Waals surface area contributed by atoms with Crippen LogP contribution in [0.4, 0.5) is 4.39 Å². The van der Waals surface area contributed by atoms with Gasteiger partial charge in [-0.25, -0.2) is 4.39 Å². The number of carbonyl (C=O) groups excluding carboxylic acids is 1. The second-order valence-electron chi connectivity index (χ2n) is 5.04. The molecule has 0 spiro atoms. The number of hydrogen-bond acceptors (Lipinski definition) is 2. The number of Topliss-reactive ketones (excluding diaryl/α,β-unsaturated/α-hetero) is 1. The Morgan fingerprint density at radius 2 is 2.06 bits per heavy atom. The van der Waals surface area contributed by atoms with E-state index in [1.165, 1.54) is 6.07 Å². The van der Waals surface area contributed by atoms with Crippen molar-refractivity contribution in [2.45, 2.75) is 25.3 Å². The molecule has 0 aromatic heterocycles. The average molecular weight is 270 g/mol. The molecule has 3 unspecified atom stereocenters. The highest BCUT2D eigenvalue weighted by molar-refractivity contribution is 5.85. The normalized spacial score (nSPS) is 30.7. The minimum atomic E-state index is -0.163. The highest BCUT2D eigenvalue weighted by Gasteiger charge is 2.42. The maximum Gasteiger partial charge on any atom is 0.137 e. The Morgan fingerprint density at radius 3 is 2.83 bits per heavy atom. The number of rotatable bonds is 1. The van der Waals surface area contributed by atoms with E-state index < -0.39 is 0 Å². The SMILES string of the molecule is Cl.O=C1CCCC2C1CNC2c1ccccc1F. The standard InChI is InChI=1S/C14H16FNO.ClH/c15-12-6-2-1-4-10(12)14-9-5-3-7-13(17)11(9)8-16-14;/h1-2,4,6,9,11,14,16H,3,5,7-8H2;1H. The Morgan fingerprint density at radius 1 is 1.28 bits per heavy atom. The minimum Gasteiger partial charge on any atom is -0.309 e. The van der Waals surface area contributed by atoms with Gasteiger partial charge in [0.25, 0.3) is 0 Å². The highest BCUT2D eigenvalue weighted by atomic mass is 35.5. The Labute approximate surface area is 112 Å². The molecule has 1 aromatic carbocycles. The van der Waals surface area contributed by atoms with Gasteiger partial charge in [-0.15, -0.1) is 12.4 Å². The summed E-state index contributed by atoms with van der Waals surface area (Å²) in [6.45, 7) is 0.711. The molecule has 0 bridgehead atoms. The second-order valence-corrected chi connectivity index (χ2v) is 5.04. The Hall–Kier alpha value is -0.930. The van der Waals surface area contributed by atoms with Crippen LogP contribution < -0.4 is 5.32 Å². The predicted octanol–water partition coefficient (Wildman–Crippen LogP) is 2.88. The number of nitrogens with one attached hydrogen (secondary N) is 1. The van der Waals surface area contributed by atoms with Gasteiger partial charge in [-0.05, 0) is 24.8 Å². The first kappa shape index (κ1) is 13.5. The summed E-state index contributed by atoms with van der Waals surface area (Å²) in [5.74, 6) is 0.581. The first-order valence-corrected chi connectivity index (χ1v) is 6.28. The van der Waals surface area contributed by atoms with E-state index in [-0.39, 0.29) is 36.1 Å². The fourth-order valence-corrected chi connectivity index (χ4v) is 3.27. The first-order valence-electron chi connectivity index (χ1n) is 6.28. The van der Waals surface area contributed by atoms with E-state index >= 15 is 0 Å². The van der Waals surface area contributed by atoms with E-state index in [2.05, 4.69) is 5.32 Å². The van der Waals surface area contributed by atoms with Gasteiger partial charge in [0.2, 0.25) is 0 Å². The Balaban J connectivity index is 0.00000120. The van der Waals surface area contributed by atoms with Crippen LogP contribution in [0.2, 0.25) is 0 Å². The quantitative estimate of drug-likeness (QED) is 0.849. The van der Waals surface area contributed by atoms with Gasteiger partial charge in [0.1, 0.15) is 11.6 Å². The van der Waals surface area contributed by atoms with Crippen molar-refractivity contribution in [2.24, 2.45) is 11.8 Å². The van der Waals surface area contributed by atoms with Crippen LogP contribution in [0.1, 0.15) is 30.9 Å². The van der Waals surface area contributed by atoms with Crippen LogP contribution in [0.15, 0.2) is 24.3 Å². The number of hydrogen-bond donors (Lipinski definition) is 1. The fourth-order valence-electron chi connectivity index (χ4n) is 3.27. The summed E-state index contributed by atoms with van der Waals surface area (Å²) in [7, 11) is 0. The van der Waals surface area contributed by atoms with Crippen LogP contribution in [0.25, 0.3) is 0 Å². The monoisotopic (exact) mass is 269 g/mol. The topological polar surface area (TPSA) is 29.1 Å². The molecule has 3 atom stereocenters. The smallest absolute Gasteiger partial charge is 0.137 e. The van der Waals surface area contributed by atoms with E-state index in [9.17, 15) is 9.18 Å². The number of carbonyl (C=O) groups is 1. The highest BCUT2D eigenvalue weighted by Crippen LogP contribution is 2.41. The lowest BCUT2D eigenvalue weighted by Gasteiger charge is -2.27. The van der Waals surface area contributed by atoms with Crippen LogP contribution in [0, 0.1) is 17.7 Å². The predicted molar refractivity (Wildman–Crippen MR) is 70.2 cm³/mol. The molecule has 2 nitrogen and oxygen atoms in total. The second kappa shape index (κ2) is 5.37. The fraction of sp³-hybridized carbons (Fsp3) is 0.500. The molecule has 98 valence electrons. The summed E-state index contributed by atoms with van der Waals surface area (Å²) < 4.78 is 13.8. The van der Waals surface area contributed by atoms with Gasteiger partial charge in [0.05, 0.1) is 0 Å². The summed E-state index contributed by atoms with van der Waals surface area (Å²) >= 11 is 0. The molecule has 1 aliphatic heterocycles. The van der Waals surface area contributed by atoms with Crippen LogP contribution >= 0.6 is 12.4 Å². The van der Waals surface area contributed by atoms with Crippen molar-refractivity contribution in [3.05, 3.63) is 35.6 Å². The lowest BCUT2D eigenvalue weighted by atomic mass is 9.76. The zero-order valence-corrected chi connectivity index (χ0v) is 10.9. The minimum absolute atomic E-state index is 0. The van der Waals surface area contributed by atoms with Crippen molar-refractivity contribution in [2.75, 3.05) is 6.54 Å². The van der Waals surface area contributed by atoms with Crippen molar-refractivity contribution in [3.63, 3.8) is 0 Å². The molecule has 0 amide bonds. The lowest BCUT2D eigenvalue weighted by Crippen LogP contribution is -2.28. The summed E-state index contributed by atoms with van der Waals surface area (Å²) in [5, 5.41) is 3.33. The van der Waals surface area contributed by atoms with Crippen LogP contribution in [-0.2, 0) is 4.79 Å². The van der Waals surface area contributed by atoms with Gasteiger partial charge in [0.15, 0.2) is 0 Å². The first-order chi connectivity index (χ1) is 8.27. The van der Waals surface area contributed by atoms with Crippen molar-refractivity contribution < 1.29 is 9.18 Å². The zero-order chi connectivity index (χ0) is 11.8. The molecule has 1 saturated carbocycles. The Kier molecular flexibility index (Phi) is 4.03. The summed E-state index contributed by atoms with van der Waals surface area (Å²) in [6, 6.07) is 6.91. The molecule has 1 saturated heterocycles. The van der Waals surface area contributed by atoms with Gasteiger partial charge in [-0.3, -0.25) is 4.79 Å². The Bertz CT molecular complexity index is 451. The van der Waals surface area contributed by atoms with E-state index in [0.29, 0.717) is 18.7 Å². The third-order valence-corrected chi connectivity index (χ3v) is 4.12. The lowest BCUT2D eigenvalue weighted by molar-refractivity contribution is -0.125. The molecule has 0 radical (unpaired) electrons. The molecule has 2 aliphatic rings. The number of benzene rings is 1. The van der Waals surface area contributed by atoms with Crippen molar-refractivity contribution in [3.8, 4) is 0 Å². The molecule has 1 aromatic rings. The third kappa shape index (κ3) is 2.17. The largest absolute Gasteiger partial charge is 0.309 e. The molecular weight excluding hydrogens is 253 g/mol. The van der Waals surface area contributed by atoms with Gasteiger partial charge in [-0.1, -0.05) is 18.2 Å².